The van der Waals surface area contributed by atoms with E-state index >= 15 is 0 Å². The number of para-hydroxylation sites is 1. The number of hydrogen-bond donors (Lipinski definition) is 0. The predicted molar refractivity (Wildman–Crippen MR) is 72.3 cm³/mol. The maximum Gasteiger partial charge on any atom is 0.437 e. The molecule has 0 aliphatic rings. The summed E-state index contributed by atoms with van der Waals surface area (Å²) in [6.45, 7) is 0. The summed E-state index contributed by atoms with van der Waals surface area (Å²) in [4.78, 5) is 2.83. The Morgan fingerprint density at radius 3 is 2.12 bits per heavy atom. The number of imidazole rings is 1. The van der Waals surface area contributed by atoms with E-state index in [1.807, 2.05) is 0 Å². The van der Waals surface area contributed by atoms with Crippen molar-refractivity contribution < 1.29 is 30.9 Å². The average Bonchev–Trinajstić information content (AvgIpc) is 2.83. The third kappa shape index (κ3) is 2.70. The van der Waals surface area contributed by atoms with Gasteiger partial charge in [-0.1, -0.05) is 18.2 Å². The Hall–Kier alpha value is -2.58. The number of nitrogens with zero attached hydrogens (tertiary/aromatic N) is 3. The zero-order valence-electron chi connectivity index (χ0n) is 12.2. The molecule has 0 aliphatic heterocycles. The lowest BCUT2D eigenvalue weighted by atomic mass is 10.2. The number of pyridine rings is 1. The molecule has 9 heteroatoms. The highest BCUT2D eigenvalue weighted by Gasteiger charge is 2.43. The summed E-state index contributed by atoms with van der Waals surface area (Å²) in [6, 6.07) is 8.76. The number of hydrogen-bond acceptors (Lipinski definition) is 1. The lowest BCUT2D eigenvalue weighted by Gasteiger charge is -2.10. The second-order valence-corrected chi connectivity index (χ2v) is 5.15. The molecule has 0 aliphatic carbocycles. The number of benzene rings is 1. The van der Waals surface area contributed by atoms with Crippen LogP contribution in [-0.4, -0.2) is 9.55 Å². The van der Waals surface area contributed by atoms with Gasteiger partial charge in [-0.25, -0.2) is 9.55 Å². The first kappa shape index (κ1) is 16.3. The molecule has 0 spiro atoms. The van der Waals surface area contributed by atoms with Crippen LogP contribution in [0.1, 0.15) is 11.4 Å². The Balaban J connectivity index is 2.42. The fourth-order valence-corrected chi connectivity index (χ4v) is 2.49. The zero-order chi connectivity index (χ0) is 17.7. The maximum atomic E-state index is 13.2. The van der Waals surface area contributed by atoms with E-state index in [2.05, 4.69) is 4.98 Å². The molecule has 0 saturated heterocycles. The molecule has 0 amide bonds. The van der Waals surface area contributed by atoms with Crippen molar-refractivity contribution >= 4 is 11.0 Å². The minimum atomic E-state index is -5.01. The Labute approximate surface area is 131 Å². The van der Waals surface area contributed by atoms with Crippen LogP contribution >= 0.6 is 0 Å². The summed E-state index contributed by atoms with van der Waals surface area (Å²) >= 11 is 0. The third-order valence-electron chi connectivity index (χ3n) is 3.47. The number of alkyl halides is 6. The maximum absolute atomic E-state index is 13.2. The lowest BCUT2D eigenvalue weighted by molar-refractivity contribution is -0.646. The van der Waals surface area contributed by atoms with Crippen molar-refractivity contribution in [2.75, 3.05) is 0 Å². The highest BCUT2D eigenvalue weighted by molar-refractivity contribution is 5.77. The molecule has 126 valence electrons. The van der Waals surface area contributed by atoms with Crippen molar-refractivity contribution in [3.8, 4) is 5.69 Å². The van der Waals surface area contributed by atoms with Crippen molar-refractivity contribution in [1.82, 2.24) is 9.55 Å². The Kier molecular flexibility index (Phi) is 3.54. The molecule has 0 fully saturated rings. The monoisotopic (exact) mass is 346 g/mol. The molecular weight excluding hydrogens is 336 g/mol. The third-order valence-corrected chi connectivity index (χ3v) is 3.47. The number of aryl methyl sites for hydroxylation is 1. The smallest absolute Gasteiger partial charge is 0.234 e. The molecule has 0 radical (unpaired) electrons. The summed E-state index contributed by atoms with van der Waals surface area (Å²) in [5.41, 5.74) is -3.35. The molecule has 3 aromatic rings. The molecule has 24 heavy (non-hydrogen) atoms. The molecular formula is C15H10F6N3+. The van der Waals surface area contributed by atoms with E-state index in [-0.39, 0.29) is 5.52 Å². The van der Waals surface area contributed by atoms with Gasteiger partial charge in [0.1, 0.15) is 11.4 Å². The Morgan fingerprint density at radius 2 is 1.58 bits per heavy atom. The summed E-state index contributed by atoms with van der Waals surface area (Å²) in [7, 11) is 1.33. The number of halogens is 6. The van der Waals surface area contributed by atoms with Crippen molar-refractivity contribution in [3.63, 3.8) is 0 Å². The van der Waals surface area contributed by atoms with E-state index in [1.165, 1.54) is 17.9 Å². The van der Waals surface area contributed by atoms with Crippen LogP contribution in [0.2, 0.25) is 0 Å². The van der Waals surface area contributed by atoms with Gasteiger partial charge < -0.3 is 0 Å². The summed E-state index contributed by atoms with van der Waals surface area (Å²) in [5, 5.41) is 0. The van der Waals surface area contributed by atoms with Crippen LogP contribution < -0.4 is 4.57 Å². The van der Waals surface area contributed by atoms with Gasteiger partial charge in [-0.15, -0.1) is 0 Å². The quantitative estimate of drug-likeness (QED) is 0.484. The van der Waals surface area contributed by atoms with Crippen molar-refractivity contribution in [2.24, 2.45) is 7.05 Å². The van der Waals surface area contributed by atoms with Crippen molar-refractivity contribution in [3.05, 3.63) is 54.1 Å². The van der Waals surface area contributed by atoms with Crippen LogP contribution in [0, 0.1) is 0 Å². The standard InChI is InChI=1S/C15H10F6N3/c1-23-8-24(9-5-3-2-4-6-9)10-7-11(14(16,17)18)22-13(12(10)23)15(19,20)21/h2-8H,1H3/q+1. The van der Waals surface area contributed by atoms with Gasteiger partial charge in [0.15, 0.2) is 11.2 Å². The van der Waals surface area contributed by atoms with Crippen molar-refractivity contribution in [1.29, 1.82) is 0 Å². The normalized spacial score (nSPS) is 12.8. The summed E-state index contributed by atoms with van der Waals surface area (Å²) in [6.07, 6.45) is -8.71. The van der Waals surface area contributed by atoms with E-state index in [0.717, 1.165) is 4.57 Å². The minimum absolute atomic E-state index is 0.224. The second-order valence-electron chi connectivity index (χ2n) is 5.15. The highest BCUT2D eigenvalue weighted by atomic mass is 19.4. The van der Waals surface area contributed by atoms with Gasteiger partial charge in [-0.3, -0.25) is 0 Å². The van der Waals surface area contributed by atoms with Crippen LogP contribution in [0.25, 0.3) is 16.7 Å². The van der Waals surface area contributed by atoms with Crippen LogP contribution in [0.15, 0.2) is 42.7 Å². The van der Waals surface area contributed by atoms with Gasteiger partial charge >= 0.3 is 12.4 Å². The highest BCUT2D eigenvalue weighted by Crippen LogP contribution is 2.37. The zero-order valence-corrected chi connectivity index (χ0v) is 12.2. The molecule has 3 rings (SSSR count). The molecule has 1 aromatic carbocycles. The summed E-state index contributed by atoms with van der Waals surface area (Å²) < 4.78 is 81.0. The molecule has 0 atom stereocenters. The van der Waals surface area contributed by atoms with E-state index in [1.54, 1.807) is 30.3 Å². The largest absolute Gasteiger partial charge is 0.437 e. The molecule has 2 heterocycles. The van der Waals surface area contributed by atoms with E-state index in [4.69, 9.17) is 0 Å². The lowest BCUT2D eigenvalue weighted by Crippen LogP contribution is -2.29. The molecule has 0 N–H and O–H groups in total. The average molecular weight is 346 g/mol. The minimum Gasteiger partial charge on any atom is -0.234 e. The molecule has 2 aromatic heterocycles. The van der Waals surface area contributed by atoms with Crippen LogP contribution in [0.3, 0.4) is 0 Å². The molecule has 0 saturated carbocycles. The van der Waals surface area contributed by atoms with Gasteiger partial charge in [-0.2, -0.15) is 30.9 Å². The SMILES string of the molecule is C[n+]1cn(-c2ccccc2)c2cc(C(F)(F)F)nc(C(F)(F)F)c21. The fourth-order valence-electron chi connectivity index (χ4n) is 2.49. The van der Waals surface area contributed by atoms with Gasteiger partial charge in [0.2, 0.25) is 11.8 Å². The topological polar surface area (TPSA) is 21.7 Å². The Bertz CT molecular complexity index is 893. The van der Waals surface area contributed by atoms with Crippen LogP contribution in [-0.2, 0) is 19.4 Å². The number of fused-ring (bicyclic) bond motifs is 1. The van der Waals surface area contributed by atoms with Crippen molar-refractivity contribution in [2.45, 2.75) is 12.4 Å². The predicted octanol–water partition coefficient (Wildman–Crippen LogP) is 3.89. The first-order valence-electron chi connectivity index (χ1n) is 6.70. The van der Waals surface area contributed by atoms with Crippen LogP contribution in [0.5, 0.6) is 0 Å². The van der Waals surface area contributed by atoms with Gasteiger partial charge in [0, 0.05) is 6.07 Å². The molecule has 0 bridgehead atoms. The fraction of sp³-hybridized carbons (Fsp3) is 0.200. The van der Waals surface area contributed by atoms with E-state index in [0.29, 0.717) is 11.8 Å². The van der Waals surface area contributed by atoms with Crippen LogP contribution in [0.4, 0.5) is 26.3 Å². The Morgan fingerprint density at radius 1 is 0.958 bits per heavy atom. The van der Waals surface area contributed by atoms with Gasteiger partial charge in [-0.05, 0) is 12.1 Å². The summed E-state index contributed by atoms with van der Waals surface area (Å²) in [5.74, 6) is 0. The van der Waals surface area contributed by atoms with E-state index < -0.39 is 29.3 Å². The number of rotatable bonds is 1. The first-order valence-corrected chi connectivity index (χ1v) is 6.70. The molecule has 0 unspecified atom stereocenters. The van der Waals surface area contributed by atoms with Gasteiger partial charge in [0.25, 0.3) is 0 Å². The van der Waals surface area contributed by atoms with E-state index in [9.17, 15) is 26.3 Å². The van der Waals surface area contributed by atoms with Gasteiger partial charge in [0.05, 0.1) is 7.05 Å². The first-order chi connectivity index (χ1) is 11.1. The molecule has 3 nitrogen and oxygen atoms in total. The second kappa shape index (κ2) is 5.22. The number of aromatic nitrogens is 3.